The van der Waals surface area contributed by atoms with Crippen molar-refractivity contribution in [3.05, 3.63) is 10.9 Å². The van der Waals surface area contributed by atoms with Crippen LogP contribution in [0.3, 0.4) is 0 Å². The van der Waals surface area contributed by atoms with Crippen LogP contribution in [0.1, 0.15) is 11.8 Å². The van der Waals surface area contributed by atoms with Gasteiger partial charge in [0.25, 0.3) is 0 Å². The van der Waals surface area contributed by atoms with E-state index in [1.165, 1.54) is 11.1 Å². The fourth-order valence-electron chi connectivity index (χ4n) is 1.70. The van der Waals surface area contributed by atoms with E-state index in [0.29, 0.717) is 18.3 Å². The van der Waals surface area contributed by atoms with Gasteiger partial charge in [0.2, 0.25) is 5.95 Å². The molecule has 20 heavy (non-hydrogen) atoms. The summed E-state index contributed by atoms with van der Waals surface area (Å²) in [6, 6.07) is 2.02. The Hall–Kier alpha value is -1.45. The van der Waals surface area contributed by atoms with Gasteiger partial charge in [-0.25, -0.2) is 19.2 Å². The number of nitrogens with one attached hydrogen (secondary N) is 2. The van der Waals surface area contributed by atoms with Gasteiger partial charge >= 0.3 is 0 Å². The number of thiophene rings is 1. The van der Waals surface area contributed by atoms with Gasteiger partial charge in [-0.15, -0.1) is 11.3 Å². The number of aryl methyl sites for hydroxylation is 1. The van der Waals surface area contributed by atoms with Gasteiger partial charge in [-0.2, -0.15) is 4.98 Å². The highest BCUT2D eigenvalue weighted by Gasteiger charge is 2.11. The van der Waals surface area contributed by atoms with Gasteiger partial charge in [-0.05, 0) is 12.5 Å². The van der Waals surface area contributed by atoms with Gasteiger partial charge in [0.05, 0.1) is 11.1 Å². The lowest BCUT2D eigenvalue weighted by molar-refractivity contribution is 0.602. The lowest BCUT2D eigenvalue weighted by Crippen LogP contribution is -2.16. The van der Waals surface area contributed by atoms with Crippen LogP contribution < -0.4 is 16.6 Å². The van der Waals surface area contributed by atoms with Crippen molar-refractivity contribution in [2.75, 3.05) is 29.3 Å². The number of nitrogens with two attached hydrogens (primary N) is 1. The summed E-state index contributed by atoms with van der Waals surface area (Å²) in [6.45, 7) is 2.36. The molecule has 2 aromatic rings. The maximum Gasteiger partial charge on any atom is 0.240 e. The van der Waals surface area contributed by atoms with E-state index < -0.39 is 9.84 Å². The highest BCUT2D eigenvalue weighted by atomic mass is 32.2. The molecule has 0 saturated heterocycles. The molecule has 2 aromatic heterocycles. The molecule has 0 amide bonds. The van der Waals surface area contributed by atoms with E-state index >= 15 is 0 Å². The summed E-state index contributed by atoms with van der Waals surface area (Å²) in [5.74, 6) is 6.31. The Morgan fingerprint density at radius 1 is 1.40 bits per heavy atom. The lowest BCUT2D eigenvalue weighted by Gasteiger charge is -2.07. The minimum absolute atomic E-state index is 0.0503. The first kappa shape index (κ1) is 14.9. The smallest absolute Gasteiger partial charge is 0.240 e. The molecule has 0 aliphatic carbocycles. The topological polar surface area (TPSA) is 110 Å². The van der Waals surface area contributed by atoms with Gasteiger partial charge in [0.15, 0.2) is 0 Å². The Balaban J connectivity index is 2.32. The van der Waals surface area contributed by atoms with Crippen LogP contribution in [0.4, 0.5) is 11.8 Å². The molecule has 0 unspecified atom stereocenters. The average molecular weight is 315 g/mol. The Morgan fingerprint density at radius 2 is 2.15 bits per heavy atom. The van der Waals surface area contributed by atoms with E-state index in [1.54, 1.807) is 11.3 Å². The van der Waals surface area contributed by atoms with E-state index in [2.05, 4.69) is 27.6 Å². The van der Waals surface area contributed by atoms with E-state index in [1.807, 2.05) is 6.07 Å². The predicted molar refractivity (Wildman–Crippen MR) is 82.8 cm³/mol. The molecule has 0 spiro atoms. The van der Waals surface area contributed by atoms with Crippen molar-refractivity contribution in [2.45, 2.75) is 13.3 Å². The summed E-state index contributed by atoms with van der Waals surface area (Å²) in [7, 11) is -3.01. The zero-order valence-electron chi connectivity index (χ0n) is 11.3. The monoisotopic (exact) mass is 315 g/mol. The summed E-state index contributed by atoms with van der Waals surface area (Å²) < 4.78 is 22.3. The minimum atomic E-state index is -3.01. The first-order valence-electron chi connectivity index (χ1n) is 6.11. The standard InChI is InChI=1S/C11H17N5O2S2/c1-3-7-6-8-9(13-4-5-20(2,17)18)14-11(16-12)15-10(8)19-7/h6H,3-5,12H2,1-2H3,(H2,13,14,15,16). The van der Waals surface area contributed by atoms with E-state index in [4.69, 9.17) is 5.84 Å². The number of sulfone groups is 1. The minimum Gasteiger partial charge on any atom is -0.368 e. The Morgan fingerprint density at radius 3 is 2.75 bits per heavy atom. The van der Waals surface area contributed by atoms with Crippen molar-refractivity contribution in [3.63, 3.8) is 0 Å². The molecule has 0 aliphatic rings. The van der Waals surface area contributed by atoms with Crippen LogP contribution >= 0.6 is 11.3 Å². The Labute approximate surface area is 121 Å². The molecular weight excluding hydrogens is 298 g/mol. The van der Waals surface area contributed by atoms with Gasteiger partial charge in [0, 0.05) is 17.7 Å². The van der Waals surface area contributed by atoms with Crippen molar-refractivity contribution in [3.8, 4) is 0 Å². The molecule has 0 radical (unpaired) electrons. The molecule has 7 nitrogen and oxygen atoms in total. The summed E-state index contributed by atoms with van der Waals surface area (Å²) in [5.41, 5.74) is 2.42. The number of anilines is 2. The van der Waals surface area contributed by atoms with E-state index in [9.17, 15) is 8.42 Å². The largest absolute Gasteiger partial charge is 0.368 e. The number of nitrogen functional groups attached to an aromatic ring is 1. The van der Waals surface area contributed by atoms with Crippen molar-refractivity contribution in [1.82, 2.24) is 9.97 Å². The molecule has 110 valence electrons. The van der Waals surface area contributed by atoms with Crippen LogP contribution in [0.15, 0.2) is 6.07 Å². The number of aromatic nitrogens is 2. The van der Waals surface area contributed by atoms with Gasteiger partial charge in [-0.3, -0.25) is 5.43 Å². The zero-order chi connectivity index (χ0) is 14.8. The molecule has 0 fully saturated rings. The summed E-state index contributed by atoms with van der Waals surface area (Å²) in [6.07, 6.45) is 2.12. The van der Waals surface area contributed by atoms with Gasteiger partial charge < -0.3 is 5.32 Å². The van der Waals surface area contributed by atoms with Crippen LogP contribution in [-0.2, 0) is 16.3 Å². The predicted octanol–water partition coefficient (Wildman–Crippen LogP) is 0.996. The van der Waals surface area contributed by atoms with Crippen molar-refractivity contribution in [1.29, 1.82) is 0 Å². The molecule has 2 rings (SSSR count). The Kier molecular flexibility index (Phi) is 4.41. The molecule has 4 N–H and O–H groups in total. The second kappa shape index (κ2) is 5.90. The number of hydrogen-bond donors (Lipinski definition) is 3. The molecule has 0 atom stereocenters. The number of hydrogen-bond acceptors (Lipinski definition) is 8. The van der Waals surface area contributed by atoms with Crippen molar-refractivity contribution < 1.29 is 8.42 Å². The zero-order valence-corrected chi connectivity index (χ0v) is 12.9. The third-order valence-corrected chi connectivity index (χ3v) is 4.81. The average Bonchev–Trinajstić information content (AvgIpc) is 2.80. The van der Waals surface area contributed by atoms with Crippen molar-refractivity contribution in [2.24, 2.45) is 5.84 Å². The van der Waals surface area contributed by atoms with Gasteiger partial charge in [-0.1, -0.05) is 6.92 Å². The fraction of sp³-hybridized carbons (Fsp3) is 0.455. The first-order chi connectivity index (χ1) is 9.43. The molecule has 0 saturated carbocycles. The SMILES string of the molecule is CCc1cc2c(NCCS(C)(=O)=O)nc(NN)nc2s1. The first-order valence-corrected chi connectivity index (χ1v) is 8.99. The molecule has 0 aromatic carbocycles. The lowest BCUT2D eigenvalue weighted by atomic mass is 10.3. The molecule has 0 bridgehead atoms. The van der Waals surface area contributed by atoms with Crippen LogP contribution in [0.2, 0.25) is 0 Å². The fourth-order valence-corrected chi connectivity index (χ4v) is 3.14. The Bertz CT molecular complexity index is 711. The summed E-state index contributed by atoms with van der Waals surface area (Å²) in [5, 5.41) is 3.93. The normalized spacial score (nSPS) is 11.8. The van der Waals surface area contributed by atoms with Crippen LogP contribution in [0.25, 0.3) is 10.2 Å². The molecule has 2 heterocycles. The van der Waals surface area contributed by atoms with Crippen LogP contribution in [0.5, 0.6) is 0 Å². The molecule has 9 heteroatoms. The molecular formula is C11H17N5O2S2. The van der Waals surface area contributed by atoms with Crippen LogP contribution in [-0.4, -0.2) is 36.9 Å². The second-order valence-electron chi connectivity index (χ2n) is 4.38. The second-order valence-corrected chi connectivity index (χ2v) is 7.76. The quantitative estimate of drug-likeness (QED) is 0.538. The van der Waals surface area contributed by atoms with E-state index in [0.717, 1.165) is 16.6 Å². The van der Waals surface area contributed by atoms with Gasteiger partial charge in [0.1, 0.15) is 20.5 Å². The summed E-state index contributed by atoms with van der Waals surface area (Å²) >= 11 is 1.58. The van der Waals surface area contributed by atoms with E-state index in [-0.39, 0.29) is 5.75 Å². The highest BCUT2D eigenvalue weighted by molar-refractivity contribution is 7.90. The third kappa shape index (κ3) is 3.56. The highest BCUT2D eigenvalue weighted by Crippen LogP contribution is 2.30. The molecule has 0 aliphatic heterocycles. The van der Waals surface area contributed by atoms with Crippen LogP contribution in [0, 0.1) is 0 Å². The third-order valence-electron chi connectivity index (χ3n) is 2.69. The summed E-state index contributed by atoms with van der Waals surface area (Å²) in [4.78, 5) is 10.5. The number of rotatable bonds is 6. The number of nitrogens with zero attached hydrogens (tertiary/aromatic N) is 2. The number of fused-ring (bicyclic) bond motifs is 1. The van der Waals surface area contributed by atoms with Crippen molar-refractivity contribution >= 4 is 43.2 Å². The number of hydrazine groups is 1. The maximum atomic E-state index is 11.2. The maximum absolute atomic E-state index is 11.2.